The highest BCUT2D eigenvalue weighted by molar-refractivity contribution is 5.97. The van der Waals surface area contributed by atoms with Gasteiger partial charge in [-0.2, -0.15) is 0 Å². The first kappa shape index (κ1) is 34.0. The molecule has 5 amide bonds. The lowest BCUT2D eigenvalue weighted by Crippen LogP contribution is -2.60. The highest BCUT2D eigenvalue weighted by Gasteiger charge is 2.33. The zero-order valence-corrected chi connectivity index (χ0v) is 22.2. The number of aliphatic carboxylic acids is 2. The summed E-state index contributed by atoms with van der Waals surface area (Å²) in [4.78, 5) is 95.3. The number of carbonyl (C=O) groups excluding carboxylic acids is 6. The Labute approximate surface area is 219 Å². The maximum Gasteiger partial charge on any atom is 0.305 e. The van der Waals surface area contributed by atoms with Crippen LogP contribution in [0, 0.1) is 11.8 Å². The van der Waals surface area contributed by atoms with Crippen molar-refractivity contribution in [3.63, 3.8) is 0 Å². The van der Waals surface area contributed by atoms with Gasteiger partial charge in [0.05, 0.1) is 18.9 Å². The van der Waals surface area contributed by atoms with Crippen LogP contribution in [0.25, 0.3) is 0 Å². The van der Waals surface area contributed by atoms with Crippen LogP contribution in [0.5, 0.6) is 0 Å². The van der Waals surface area contributed by atoms with Gasteiger partial charge in [0.2, 0.25) is 29.5 Å². The highest BCUT2D eigenvalue weighted by atomic mass is 16.4. The van der Waals surface area contributed by atoms with Crippen molar-refractivity contribution in [2.45, 2.75) is 84.6 Å². The summed E-state index contributed by atoms with van der Waals surface area (Å²) in [6, 6.07) is -6.43. The van der Waals surface area contributed by atoms with Crippen LogP contribution in [0.4, 0.5) is 0 Å². The summed E-state index contributed by atoms with van der Waals surface area (Å²) in [5.41, 5.74) is 0. The monoisotopic (exact) mass is 543 g/mol. The number of carbonyl (C=O) groups is 8. The van der Waals surface area contributed by atoms with Gasteiger partial charge in [-0.3, -0.25) is 33.6 Å². The Morgan fingerprint density at radius 1 is 0.632 bits per heavy atom. The molecule has 0 heterocycles. The van der Waals surface area contributed by atoms with Crippen LogP contribution < -0.4 is 26.6 Å². The minimum absolute atomic E-state index is 0.240. The molecule has 0 saturated heterocycles. The van der Waals surface area contributed by atoms with Crippen LogP contribution in [0.1, 0.15) is 54.4 Å². The first-order chi connectivity index (χ1) is 17.5. The van der Waals surface area contributed by atoms with E-state index in [2.05, 4.69) is 26.6 Å². The van der Waals surface area contributed by atoms with Gasteiger partial charge in [0, 0.05) is 6.92 Å². The second kappa shape index (κ2) is 15.9. The summed E-state index contributed by atoms with van der Waals surface area (Å²) in [5.74, 6) is -7.62. The molecule has 0 bridgehead atoms. The van der Waals surface area contributed by atoms with Gasteiger partial charge in [0.15, 0.2) is 0 Å². The third-order valence-corrected chi connectivity index (χ3v) is 5.21. The van der Waals surface area contributed by atoms with Crippen LogP contribution in [-0.2, 0) is 38.4 Å². The summed E-state index contributed by atoms with van der Waals surface area (Å²) in [6.07, 6.45) is -1.23. The smallest absolute Gasteiger partial charge is 0.305 e. The molecule has 15 heteroatoms. The molecule has 0 radical (unpaired) electrons. The molecule has 0 spiro atoms. The summed E-state index contributed by atoms with van der Waals surface area (Å²) in [7, 11) is 0. The van der Waals surface area contributed by atoms with Gasteiger partial charge in [-0.15, -0.1) is 0 Å². The van der Waals surface area contributed by atoms with Gasteiger partial charge in [-0.1, -0.05) is 27.7 Å². The summed E-state index contributed by atoms with van der Waals surface area (Å²) < 4.78 is 0. The zero-order valence-electron chi connectivity index (χ0n) is 22.2. The van der Waals surface area contributed by atoms with Crippen LogP contribution in [0.2, 0.25) is 0 Å². The molecule has 38 heavy (non-hydrogen) atoms. The first-order valence-corrected chi connectivity index (χ1v) is 11.9. The second-order valence-corrected chi connectivity index (χ2v) is 9.39. The van der Waals surface area contributed by atoms with Gasteiger partial charge in [-0.05, 0) is 18.8 Å². The highest BCUT2D eigenvalue weighted by Crippen LogP contribution is 2.07. The molecular weight excluding hydrogens is 506 g/mol. The van der Waals surface area contributed by atoms with Gasteiger partial charge < -0.3 is 41.6 Å². The van der Waals surface area contributed by atoms with Gasteiger partial charge >= 0.3 is 11.9 Å². The minimum Gasteiger partial charge on any atom is -0.481 e. The fraction of sp³-hybridized carbons (Fsp3) is 0.652. The fourth-order valence-corrected chi connectivity index (χ4v) is 3.19. The molecule has 0 aliphatic carbocycles. The van der Waals surface area contributed by atoms with E-state index in [1.165, 1.54) is 13.8 Å². The average Bonchev–Trinajstić information content (AvgIpc) is 2.78. The number of rotatable bonds is 16. The van der Waals surface area contributed by atoms with E-state index < -0.39 is 90.4 Å². The van der Waals surface area contributed by atoms with Crippen LogP contribution in [0.15, 0.2) is 0 Å². The van der Waals surface area contributed by atoms with Crippen LogP contribution in [0.3, 0.4) is 0 Å². The summed E-state index contributed by atoms with van der Waals surface area (Å²) >= 11 is 0. The van der Waals surface area contributed by atoms with Crippen molar-refractivity contribution in [3.8, 4) is 0 Å². The van der Waals surface area contributed by atoms with Gasteiger partial charge in [0.1, 0.15) is 30.5 Å². The Balaban J connectivity index is 5.55. The van der Waals surface area contributed by atoms with Crippen molar-refractivity contribution < 1.29 is 48.6 Å². The van der Waals surface area contributed by atoms with Crippen molar-refractivity contribution in [1.82, 2.24) is 26.6 Å². The third-order valence-electron chi connectivity index (χ3n) is 5.21. The van der Waals surface area contributed by atoms with Crippen LogP contribution in [-0.4, -0.2) is 88.2 Å². The molecule has 0 aromatic carbocycles. The molecule has 0 rings (SSSR count). The zero-order chi connectivity index (χ0) is 29.7. The molecule has 0 aromatic heterocycles. The predicted molar refractivity (Wildman–Crippen MR) is 131 cm³/mol. The number of carboxylic acids is 2. The number of hydrogen-bond donors (Lipinski definition) is 7. The molecule has 0 aliphatic heterocycles. The van der Waals surface area contributed by atoms with Gasteiger partial charge in [0.25, 0.3) is 0 Å². The largest absolute Gasteiger partial charge is 0.481 e. The molecule has 5 atom stereocenters. The number of nitrogens with one attached hydrogen (secondary N) is 5. The molecule has 0 fully saturated rings. The van der Waals surface area contributed by atoms with E-state index >= 15 is 0 Å². The molecule has 214 valence electrons. The Morgan fingerprint density at radius 2 is 1.11 bits per heavy atom. The normalized spacial score (nSPS) is 14.7. The number of carboxylic acid groups (broad SMARTS) is 2. The lowest BCUT2D eigenvalue weighted by Gasteiger charge is -2.27. The molecule has 0 aliphatic rings. The minimum atomic E-state index is -1.59. The Morgan fingerprint density at radius 3 is 1.53 bits per heavy atom. The average molecular weight is 544 g/mol. The lowest BCUT2D eigenvalue weighted by atomic mass is 10.0. The number of amides is 5. The number of hydrogen-bond acceptors (Lipinski definition) is 8. The topological polar surface area (TPSA) is 237 Å². The van der Waals surface area contributed by atoms with E-state index in [-0.39, 0.29) is 12.2 Å². The molecule has 0 aromatic rings. The Bertz CT molecular complexity index is 920. The third kappa shape index (κ3) is 12.3. The molecular formula is C23H37N5O10. The van der Waals surface area contributed by atoms with Crippen molar-refractivity contribution in [3.05, 3.63) is 0 Å². The van der Waals surface area contributed by atoms with E-state index in [0.717, 1.165) is 0 Å². The molecule has 0 unspecified atom stereocenters. The predicted octanol–water partition coefficient (Wildman–Crippen LogP) is -2.09. The molecule has 7 N–H and O–H groups in total. The summed E-state index contributed by atoms with van der Waals surface area (Å²) in [5, 5.41) is 29.6. The first-order valence-electron chi connectivity index (χ1n) is 11.9. The molecule has 15 nitrogen and oxygen atoms in total. The van der Waals surface area contributed by atoms with E-state index in [1.54, 1.807) is 27.7 Å². The standard InChI is InChI=1S/C23H37N5O10/c1-10(2)18(25-13(6)30)23(38)27-15(8-17(33)34)21(36)28-19(11(3)4)22(37)24-12(5)20(35)26-14(9-29)7-16(31)32/h9-12,14-15,18-19H,7-8H2,1-6H3,(H,24,37)(H,25,30)(H,26,35)(H,27,38)(H,28,36)(H,31,32)(H,33,34)/t12-,14-,15-,18-,19-/m0/s1. The second-order valence-electron chi connectivity index (χ2n) is 9.39. The SMILES string of the molecule is CC(=O)N[C@H](C(=O)N[C@@H](CC(=O)O)C(=O)N[C@H](C(=O)N[C@@H](C)C(=O)N[C@H](C=O)CC(=O)O)C(C)C)C(C)C. The lowest BCUT2D eigenvalue weighted by molar-refractivity contribution is -0.142. The van der Waals surface area contributed by atoms with E-state index in [0.29, 0.717) is 0 Å². The van der Waals surface area contributed by atoms with Crippen molar-refractivity contribution in [2.75, 3.05) is 0 Å². The fourth-order valence-electron chi connectivity index (χ4n) is 3.19. The van der Waals surface area contributed by atoms with E-state index in [1.807, 2.05) is 0 Å². The van der Waals surface area contributed by atoms with Crippen molar-refractivity contribution in [1.29, 1.82) is 0 Å². The van der Waals surface area contributed by atoms with E-state index in [4.69, 9.17) is 5.11 Å². The van der Waals surface area contributed by atoms with Crippen molar-refractivity contribution >= 4 is 47.8 Å². The maximum absolute atomic E-state index is 12.9. The molecule has 0 saturated carbocycles. The quantitative estimate of drug-likeness (QED) is 0.105. The van der Waals surface area contributed by atoms with Crippen LogP contribution >= 0.6 is 0 Å². The Kier molecular flexibility index (Phi) is 14.2. The van der Waals surface area contributed by atoms with Gasteiger partial charge in [-0.25, -0.2) is 0 Å². The summed E-state index contributed by atoms with van der Waals surface area (Å²) in [6.45, 7) is 8.89. The van der Waals surface area contributed by atoms with Crippen molar-refractivity contribution in [2.24, 2.45) is 11.8 Å². The van der Waals surface area contributed by atoms with E-state index in [9.17, 15) is 43.5 Å². The maximum atomic E-state index is 12.9. The number of aldehydes is 1. The Hall–Kier alpha value is -4.04.